The normalized spacial score (nSPS) is 18.2. The van der Waals surface area contributed by atoms with Gasteiger partial charge >= 0.3 is 17.1 Å². The van der Waals surface area contributed by atoms with Crippen molar-refractivity contribution in [3.63, 3.8) is 0 Å². The summed E-state index contributed by atoms with van der Waals surface area (Å²) in [7, 11) is -1.79. The minimum atomic E-state index is -1.05. The molecule has 166 valence electrons. The fraction of sp³-hybridized carbons (Fsp3) is 0.214. The van der Waals surface area contributed by atoms with E-state index in [0.29, 0.717) is 0 Å². The fourth-order valence-corrected chi connectivity index (χ4v) is 7.68. The van der Waals surface area contributed by atoms with Crippen molar-refractivity contribution in [1.82, 2.24) is 0 Å². The summed E-state index contributed by atoms with van der Waals surface area (Å²) in [5, 5.41) is 3.67. The van der Waals surface area contributed by atoms with Crippen LogP contribution in [0.1, 0.15) is 31.9 Å². The van der Waals surface area contributed by atoms with Gasteiger partial charge in [0, 0.05) is 21.2 Å². The minimum absolute atomic E-state index is 0. The second-order valence-corrected chi connectivity index (χ2v) is 12.8. The predicted octanol–water partition coefficient (Wildman–Crippen LogP) is 5.99. The molecule has 0 N–H and O–H groups in total. The van der Waals surface area contributed by atoms with Crippen LogP contribution in [0, 0.1) is 76.1 Å². The second-order valence-electron chi connectivity index (χ2n) is 8.53. The third-order valence-electron chi connectivity index (χ3n) is 5.02. The summed E-state index contributed by atoms with van der Waals surface area (Å²) in [5.74, 6) is 0. The summed E-state index contributed by atoms with van der Waals surface area (Å²) in [6, 6.07) is 17.2. The Bertz CT molecular complexity index is 819. The Morgan fingerprint density at radius 1 is 0.688 bits per heavy atom. The molecule has 2 saturated carbocycles. The molecule has 0 aliphatic heterocycles. The molecule has 0 unspecified atom stereocenters. The summed E-state index contributed by atoms with van der Waals surface area (Å²) < 4.78 is 12.9. The van der Waals surface area contributed by atoms with E-state index < -0.39 is 18.7 Å². The SMILES string of the molecule is Cc1ccccc1P([C]1[CH][CH][CH][C]1[S@](=O)C(C)(C)C)c1ccccc1C.[CH]1[CH][CH][CH][CH]1.[Fe+2]. The van der Waals surface area contributed by atoms with Gasteiger partial charge in [0.05, 0.1) is 5.25 Å². The van der Waals surface area contributed by atoms with Crippen LogP contribution >= 0.6 is 7.92 Å². The first kappa shape index (κ1) is 27.8. The van der Waals surface area contributed by atoms with Crippen LogP contribution in [0.25, 0.3) is 0 Å². The van der Waals surface area contributed by atoms with Gasteiger partial charge < -0.3 is 0 Å². The van der Waals surface area contributed by atoms with Gasteiger partial charge in [-0.15, -0.1) is 0 Å². The molecule has 0 saturated heterocycles. The fourth-order valence-electron chi connectivity index (χ4n) is 3.40. The van der Waals surface area contributed by atoms with Gasteiger partial charge in [-0.1, -0.05) is 48.5 Å². The summed E-state index contributed by atoms with van der Waals surface area (Å²) in [5.41, 5.74) is 3.79. The molecule has 2 aliphatic rings. The summed E-state index contributed by atoms with van der Waals surface area (Å²) in [6.07, 6.45) is 16.3. The first-order chi connectivity index (χ1) is 14.8. The van der Waals surface area contributed by atoms with Crippen molar-refractivity contribution in [1.29, 1.82) is 0 Å². The topological polar surface area (TPSA) is 17.1 Å². The average Bonchev–Trinajstić information content (AvgIpc) is 3.45. The molecule has 4 rings (SSSR count). The Balaban J connectivity index is 0.000000534. The van der Waals surface area contributed by atoms with E-state index in [0.717, 1.165) is 5.25 Å². The first-order valence-corrected chi connectivity index (χ1v) is 13.1. The number of rotatable bonds is 4. The van der Waals surface area contributed by atoms with Gasteiger partial charge in [0.25, 0.3) is 0 Å². The predicted molar refractivity (Wildman–Crippen MR) is 137 cm³/mol. The molecule has 0 amide bonds. The maximum absolute atomic E-state index is 13.2. The van der Waals surface area contributed by atoms with Crippen LogP contribution in [0.4, 0.5) is 0 Å². The monoisotopic (exact) mass is 502 g/mol. The Kier molecular flexibility index (Phi) is 11.2. The van der Waals surface area contributed by atoms with Gasteiger partial charge in [-0.3, -0.25) is 4.21 Å². The van der Waals surface area contributed by atoms with E-state index in [2.05, 4.69) is 75.2 Å². The number of hydrogen-bond acceptors (Lipinski definition) is 1. The molecule has 4 heteroatoms. The molecule has 0 bridgehead atoms. The zero-order valence-corrected chi connectivity index (χ0v) is 22.2. The molecule has 0 heterocycles. The standard InChI is InChI=1S/C23H26OPS.C5H5.Fe/c1-17-11-6-8-13-19(17)25(20-14-9-7-12-18(20)2)21-15-10-16-22(21)26(24)23(3,4)5;1-2-4-5-3-1;/h6-16H,1-5H3;1-5H;/q;;+2/t26-;;/m0../s1. The van der Waals surface area contributed by atoms with Crippen LogP contribution in [0.5, 0.6) is 0 Å². The van der Waals surface area contributed by atoms with Crippen LogP contribution < -0.4 is 10.6 Å². The molecule has 2 fully saturated rings. The van der Waals surface area contributed by atoms with Crippen LogP contribution in [-0.2, 0) is 27.9 Å². The van der Waals surface area contributed by atoms with E-state index in [1.54, 1.807) is 0 Å². The molecule has 2 aromatic carbocycles. The van der Waals surface area contributed by atoms with Crippen molar-refractivity contribution in [3.05, 3.63) is 122 Å². The molecule has 2 aliphatic carbocycles. The van der Waals surface area contributed by atoms with E-state index in [4.69, 9.17) is 0 Å². The van der Waals surface area contributed by atoms with Crippen LogP contribution in [0.15, 0.2) is 48.5 Å². The smallest absolute Gasteiger partial charge is 0.258 e. The second kappa shape index (κ2) is 12.8. The van der Waals surface area contributed by atoms with Crippen LogP contribution in [0.3, 0.4) is 0 Å². The maximum Gasteiger partial charge on any atom is 2.00 e. The van der Waals surface area contributed by atoms with Crippen LogP contribution in [0.2, 0.25) is 0 Å². The van der Waals surface area contributed by atoms with Crippen molar-refractivity contribution in [2.45, 2.75) is 39.4 Å². The Hall–Kier alpha value is -0.461. The maximum atomic E-state index is 13.2. The molecular formula is C28H31FeOPS+2. The van der Waals surface area contributed by atoms with Gasteiger partial charge in [-0.05, 0) is 116 Å². The van der Waals surface area contributed by atoms with Crippen molar-refractivity contribution in [2.24, 2.45) is 0 Å². The molecule has 10 radical (unpaired) electrons. The molecule has 1 nitrogen and oxygen atoms in total. The summed E-state index contributed by atoms with van der Waals surface area (Å²) in [6.45, 7) is 10.5. The Morgan fingerprint density at radius 2 is 1.12 bits per heavy atom. The quantitative estimate of drug-likeness (QED) is 0.371. The Labute approximate surface area is 211 Å². The van der Waals surface area contributed by atoms with Crippen LogP contribution in [-0.4, -0.2) is 8.96 Å². The molecule has 32 heavy (non-hydrogen) atoms. The average molecular weight is 502 g/mol. The molecule has 1 atom stereocenters. The molecular weight excluding hydrogens is 471 g/mol. The summed E-state index contributed by atoms with van der Waals surface area (Å²) in [4.78, 5) is 0. The minimum Gasteiger partial charge on any atom is -0.258 e. The first-order valence-electron chi connectivity index (χ1n) is 10.6. The third kappa shape index (κ3) is 7.02. The van der Waals surface area contributed by atoms with Gasteiger partial charge in [-0.2, -0.15) is 0 Å². The van der Waals surface area contributed by atoms with Crippen molar-refractivity contribution >= 4 is 29.3 Å². The van der Waals surface area contributed by atoms with Gasteiger partial charge in [0.1, 0.15) is 0 Å². The number of aryl methyl sites for hydroxylation is 2. The van der Waals surface area contributed by atoms with E-state index in [-0.39, 0.29) is 21.8 Å². The zero-order chi connectivity index (χ0) is 22.4. The molecule has 2 aromatic rings. The molecule has 0 aromatic heterocycles. The van der Waals surface area contributed by atoms with Crippen molar-refractivity contribution in [3.8, 4) is 0 Å². The number of hydrogen-bond donors (Lipinski definition) is 0. The van der Waals surface area contributed by atoms with Gasteiger partial charge in [-0.25, -0.2) is 0 Å². The number of benzene rings is 2. The van der Waals surface area contributed by atoms with Gasteiger partial charge in [0.2, 0.25) is 0 Å². The Morgan fingerprint density at radius 3 is 1.53 bits per heavy atom. The van der Waals surface area contributed by atoms with E-state index in [1.807, 2.05) is 59.3 Å². The van der Waals surface area contributed by atoms with Crippen molar-refractivity contribution < 1.29 is 21.3 Å². The largest absolute Gasteiger partial charge is 2.00 e. The van der Waals surface area contributed by atoms with E-state index >= 15 is 0 Å². The van der Waals surface area contributed by atoms with Crippen molar-refractivity contribution in [2.75, 3.05) is 0 Å². The third-order valence-corrected chi connectivity index (χ3v) is 9.88. The van der Waals surface area contributed by atoms with E-state index in [9.17, 15) is 4.21 Å². The molecule has 0 spiro atoms. The van der Waals surface area contributed by atoms with E-state index in [1.165, 1.54) is 27.4 Å². The zero-order valence-electron chi connectivity index (χ0n) is 19.4. The summed E-state index contributed by atoms with van der Waals surface area (Å²) >= 11 is 0. The van der Waals surface area contributed by atoms with Gasteiger partial charge in [0.15, 0.2) is 0 Å².